The summed E-state index contributed by atoms with van der Waals surface area (Å²) in [6.45, 7) is 0.728. The van der Waals surface area contributed by atoms with Crippen LogP contribution in [0.15, 0.2) is 30.3 Å². The van der Waals surface area contributed by atoms with Crippen molar-refractivity contribution in [1.82, 2.24) is 10.3 Å². The van der Waals surface area contributed by atoms with Crippen molar-refractivity contribution in [3.05, 3.63) is 36.0 Å². The molecule has 19 heavy (non-hydrogen) atoms. The van der Waals surface area contributed by atoms with Crippen molar-refractivity contribution in [3.63, 3.8) is 0 Å². The number of nitrogens with zero attached hydrogens (tertiary/aromatic N) is 1. The van der Waals surface area contributed by atoms with E-state index in [0.29, 0.717) is 6.04 Å². The van der Waals surface area contributed by atoms with Crippen molar-refractivity contribution in [2.45, 2.75) is 31.5 Å². The van der Waals surface area contributed by atoms with Crippen molar-refractivity contribution >= 4 is 10.9 Å². The monoisotopic (exact) mass is 258 g/mol. The molecule has 0 radical (unpaired) electrons. The van der Waals surface area contributed by atoms with E-state index in [0.717, 1.165) is 41.7 Å². The highest BCUT2D eigenvalue weighted by molar-refractivity contribution is 5.84. The van der Waals surface area contributed by atoms with Gasteiger partial charge in [0, 0.05) is 18.0 Å². The summed E-state index contributed by atoms with van der Waals surface area (Å²) in [5, 5.41) is 13.7. The minimum atomic E-state index is -0.123. The SMILES string of the molecule is COc1cccc2ccc(CNC3CC(O)C3)nc12. The third kappa shape index (κ3) is 2.55. The van der Waals surface area contributed by atoms with Gasteiger partial charge in [0.2, 0.25) is 0 Å². The predicted molar refractivity (Wildman–Crippen MR) is 74.2 cm³/mol. The molecule has 0 spiro atoms. The molecule has 4 heteroatoms. The molecule has 0 aliphatic heterocycles. The second-order valence-electron chi connectivity index (χ2n) is 5.04. The first-order valence-corrected chi connectivity index (χ1v) is 6.60. The molecule has 0 amide bonds. The van der Waals surface area contributed by atoms with Crippen LogP contribution >= 0.6 is 0 Å². The van der Waals surface area contributed by atoms with Crippen LogP contribution in [0.25, 0.3) is 10.9 Å². The maximum Gasteiger partial charge on any atom is 0.145 e. The summed E-state index contributed by atoms with van der Waals surface area (Å²) in [5.74, 6) is 0.804. The summed E-state index contributed by atoms with van der Waals surface area (Å²) in [6.07, 6.45) is 1.57. The molecule has 1 aromatic heterocycles. The Bertz CT molecular complexity index is 579. The number of para-hydroxylation sites is 1. The minimum absolute atomic E-state index is 0.123. The number of aliphatic hydroxyl groups is 1. The van der Waals surface area contributed by atoms with Gasteiger partial charge in [-0.1, -0.05) is 18.2 Å². The smallest absolute Gasteiger partial charge is 0.145 e. The Morgan fingerprint density at radius 1 is 1.32 bits per heavy atom. The van der Waals surface area contributed by atoms with E-state index in [1.807, 2.05) is 24.3 Å². The Labute approximate surface area is 112 Å². The fraction of sp³-hybridized carbons (Fsp3) is 0.400. The third-order valence-corrected chi connectivity index (χ3v) is 3.65. The molecule has 1 aromatic carbocycles. The number of aliphatic hydroxyl groups excluding tert-OH is 1. The maximum atomic E-state index is 9.25. The largest absolute Gasteiger partial charge is 0.494 e. The van der Waals surface area contributed by atoms with Gasteiger partial charge in [0.05, 0.1) is 18.9 Å². The Kier molecular flexibility index (Phi) is 3.36. The molecule has 100 valence electrons. The van der Waals surface area contributed by atoms with Gasteiger partial charge in [0.15, 0.2) is 0 Å². The van der Waals surface area contributed by atoms with Crippen LogP contribution in [0.3, 0.4) is 0 Å². The molecule has 1 aliphatic carbocycles. The van der Waals surface area contributed by atoms with E-state index < -0.39 is 0 Å². The van der Waals surface area contributed by atoms with Gasteiger partial charge in [-0.2, -0.15) is 0 Å². The first kappa shape index (κ1) is 12.4. The van der Waals surface area contributed by atoms with Gasteiger partial charge in [0.25, 0.3) is 0 Å². The number of nitrogens with one attached hydrogen (secondary N) is 1. The van der Waals surface area contributed by atoms with E-state index in [1.165, 1.54) is 0 Å². The van der Waals surface area contributed by atoms with Crippen molar-refractivity contribution in [3.8, 4) is 5.75 Å². The number of methoxy groups -OCH3 is 1. The molecule has 3 rings (SSSR count). The highest BCUT2D eigenvalue weighted by Crippen LogP contribution is 2.24. The fourth-order valence-corrected chi connectivity index (χ4v) is 2.43. The van der Waals surface area contributed by atoms with Crippen LogP contribution in [-0.4, -0.2) is 29.3 Å². The quantitative estimate of drug-likeness (QED) is 0.879. The average molecular weight is 258 g/mol. The van der Waals surface area contributed by atoms with E-state index in [4.69, 9.17) is 4.74 Å². The van der Waals surface area contributed by atoms with E-state index in [9.17, 15) is 5.11 Å². The third-order valence-electron chi connectivity index (χ3n) is 3.65. The van der Waals surface area contributed by atoms with Crippen molar-refractivity contribution in [2.24, 2.45) is 0 Å². The van der Waals surface area contributed by atoms with E-state index >= 15 is 0 Å². The first-order valence-electron chi connectivity index (χ1n) is 6.60. The Balaban J connectivity index is 1.76. The number of hydrogen-bond acceptors (Lipinski definition) is 4. The van der Waals surface area contributed by atoms with E-state index in [-0.39, 0.29) is 6.10 Å². The zero-order valence-corrected chi connectivity index (χ0v) is 11.0. The molecular formula is C15H18N2O2. The lowest BCUT2D eigenvalue weighted by Crippen LogP contribution is -2.43. The summed E-state index contributed by atoms with van der Waals surface area (Å²) in [7, 11) is 1.66. The van der Waals surface area contributed by atoms with Gasteiger partial charge >= 0.3 is 0 Å². The highest BCUT2D eigenvalue weighted by atomic mass is 16.5. The van der Waals surface area contributed by atoms with Crippen molar-refractivity contribution in [1.29, 1.82) is 0 Å². The number of hydrogen-bond donors (Lipinski definition) is 2. The van der Waals surface area contributed by atoms with Crippen molar-refractivity contribution in [2.75, 3.05) is 7.11 Å². The second-order valence-corrected chi connectivity index (χ2v) is 5.04. The number of aromatic nitrogens is 1. The van der Waals surface area contributed by atoms with Gasteiger partial charge in [-0.05, 0) is 25.0 Å². The summed E-state index contributed by atoms with van der Waals surface area (Å²) in [5.41, 5.74) is 1.90. The van der Waals surface area contributed by atoms with Crippen LogP contribution in [-0.2, 0) is 6.54 Å². The minimum Gasteiger partial charge on any atom is -0.494 e. The molecule has 2 N–H and O–H groups in total. The lowest BCUT2D eigenvalue weighted by molar-refractivity contribution is 0.0618. The fourth-order valence-electron chi connectivity index (χ4n) is 2.43. The topological polar surface area (TPSA) is 54.4 Å². The molecule has 0 saturated heterocycles. The maximum absolute atomic E-state index is 9.25. The van der Waals surface area contributed by atoms with Crippen molar-refractivity contribution < 1.29 is 9.84 Å². The Hall–Kier alpha value is -1.65. The second kappa shape index (κ2) is 5.15. The molecule has 1 fully saturated rings. The molecule has 0 atom stereocenters. The molecule has 1 aliphatic rings. The average Bonchev–Trinajstić information content (AvgIpc) is 2.41. The van der Waals surface area contributed by atoms with Crippen LogP contribution in [0.4, 0.5) is 0 Å². The van der Waals surface area contributed by atoms with Crippen LogP contribution in [0, 0.1) is 0 Å². The summed E-state index contributed by atoms with van der Waals surface area (Å²) in [4.78, 5) is 4.65. The molecule has 1 heterocycles. The van der Waals surface area contributed by atoms with Gasteiger partial charge in [-0.25, -0.2) is 4.98 Å². The number of ether oxygens (including phenoxy) is 1. The number of pyridine rings is 1. The van der Waals surface area contributed by atoms with Crippen LogP contribution in [0.2, 0.25) is 0 Å². The van der Waals surface area contributed by atoms with Gasteiger partial charge < -0.3 is 15.2 Å². The number of rotatable bonds is 4. The van der Waals surface area contributed by atoms with Crippen LogP contribution < -0.4 is 10.1 Å². The first-order chi connectivity index (χ1) is 9.26. The van der Waals surface area contributed by atoms with E-state index in [1.54, 1.807) is 7.11 Å². The normalized spacial score (nSPS) is 22.2. The van der Waals surface area contributed by atoms with Gasteiger partial charge in [0.1, 0.15) is 11.3 Å². The van der Waals surface area contributed by atoms with Crippen LogP contribution in [0.5, 0.6) is 5.75 Å². The zero-order chi connectivity index (χ0) is 13.2. The zero-order valence-electron chi connectivity index (χ0n) is 11.0. The Morgan fingerprint density at radius 2 is 2.16 bits per heavy atom. The molecule has 0 unspecified atom stereocenters. The van der Waals surface area contributed by atoms with E-state index in [2.05, 4.69) is 16.4 Å². The summed E-state index contributed by atoms with van der Waals surface area (Å²) < 4.78 is 5.34. The number of benzene rings is 1. The molecule has 1 saturated carbocycles. The molecular weight excluding hydrogens is 240 g/mol. The summed E-state index contributed by atoms with van der Waals surface area (Å²) in [6, 6.07) is 10.4. The van der Waals surface area contributed by atoms with Gasteiger partial charge in [-0.15, -0.1) is 0 Å². The molecule has 0 bridgehead atoms. The predicted octanol–water partition coefficient (Wildman–Crippen LogP) is 1.86. The lowest BCUT2D eigenvalue weighted by atomic mass is 9.89. The molecule has 4 nitrogen and oxygen atoms in total. The molecule has 2 aromatic rings. The lowest BCUT2D eigenvalue weighted by Gasteiger charge is -2.32. The highest BCUT2D eigenvalue weighted by Gasteiger charge is 2.26. The Morgan fingerprint density at radius 3 is 2.89 bits per heavy atom. The standard InChI is InChI=1S/C15H18N2O2/c1-19-14-4-2-3-10-5-6-11(17-15(10)14)9-16-12-7-13(18)8-12/h2-6,12-13,16,18H,7-9H2,1H3. The van der Waals surface area contributed by atoms with Gasteiger partial charge in [-0.3, -0.25) is 0 Å². The van der Waals surface area contributed by atoms with Crippen LogP contribution in [0.1, 0.15) is 18.5 Å². The summed E-state index contributed by atoms with van der Waals surface area (Å²) >= 11 is 0. The number of fused-ring (bicyclic) bond motifs is 1.